The van der Waals surface area contributed by atoms with Gasteiger partial charge >= 0.3 is 0 Å². The molecule has 1 saturated heterocycles. The van der Waals surface area contributed by atoms with E-state index >= 15 is 4.39 Å². The first-order chi connectivity index (χ1) is 13.9. The molecule has 152 valence electrons. The van der Waals surface area contributed by atoms with Gasteiger partial charge in [-0.2, -0.15) is 0 Å². The van der Waals surface area contributed by atoms with Gasteiger partial charge in [0.1, 0.15) is 26.6 Å². The van der Waals surface area contributed by atoms with Crippen molar-refractivity contribution in [2.45, 2.75) is 25.8 Å². The van der Waals surface area contributed by atoms with Crippen LogP contribution in [0.1, 0.15) is 35.5 Å². The van der Waals surface area contributed by atoms with Gasteiger partial charge in [-0.25, -0.2) is 8.78 Å². The summed E-state index contributed by atoms with van der Waals surface area (Å²) >= 11 is 0.990. The Morgan fingerprint density at radius 1 is 1.28 bits per heavy atom. The lowest BCUT2D eigenvalue weighted by atomic mass is 10.1. The molecule has 0 radical (unpaired) electrons. The Bertz CT molecular complexity index is 1240. The normalized spacial score (nSPS) is 17.4. The van der Waals surface area contributed by atoms with E-state index in [0.717, 1.165) is 30.2 Å². The number of pyridine rings is 1. The molecule has 0 unspecified atom stereocenters. The molecule has 1 aliphatic carbocycles. The molecule has 0 amide bonds. The Kier molecular flexibility index (Phi) is 4.15. The Hall–Kier alpha value is -2.52. The number of anilines is 1. The number of halogens is 2. The third-order valence-corrected chi connectivity index (χ3v) is 6.91. The van der Waals surface area contributed by atoms with E-state index in [2.05, 4.69) is 5.32 Å². The molecule has 3 aromatic rings. The van der Waals surface area contributed by atoms with E-state index in [1.807, 2.05) is 0 Å². The van der Waals surface area contributed by atoms with Gasteiger partial charge in [0, 0.05) is 39.1 Å². The van der Waals surface area contributed by atoms with Crippen LogP contribution in [-0.4, -0.2) is 41.6 Å². The van der Waals surface area contributed by atoms with Crippen LogP contribution in [-0.2, 0) is 0 Å². The lowest BCUT2D eigenvalue weighted by Crippen LogP contribution is -2.44. The number of aromatic hydroxyl groups is 1. The standard InChI is InChI=1S/C20H19F2N3O3S/c1-9(26)19-18(28)13-17(27)11-8-12(21)16(24-6-4-23-5-7-24)14(22)15(11)25(10-2-3-10)20(13)29-19/h8,10,23,28H,2-7H2,1H3. The summed E-state index contributed by atoms with van der Waals surface area (Å²) in [7, 11) is 0. The predicted molar refractivity (Wildman–Crippen MR) is 109 cm³/mol. The summed E-state index contributed by atoms with van der Waals surface area (Å²) in [4.78, 5) is 27.1. The number of aromatic nitrogens is 1. The Morgan fingerprint density at radius 2 is 1.97 bits per heavy atom. The van der Waals surface area contributed by atoms with Crippen molar-refractivity contribution in [3.05, 3.63) is 32.8 Å². The molecule has 2 N–H and O–H groups in total. The highest BCUT2D eigenvalue weighted by Gasteiger charge is 2.33. The van der Waals surface area contributed by atoms with Gasteiger partial charge in [-0.3, -0.25) is 9.59 Å². The minimum atomic E-state index is -0.794. The van der Waals surface area contributed by atoms with Crippen molar-refractivity contribution in [3.8, 4) is 5.75 Å². The van der Waals surface area contributed by atoms with Crippen molar-refractivity contribution >= 4 is 43.9 Å². The van der Waals surface area contributed by atoms with Crippen molar-refractivity contribution in [1.82, 2.24) is 9.88 Å². The van der Waals surface area contributed by atoms with Gasteiger partial charge in [0.05, 0.1) is 10.9 Å². The van der Waals surface area contributed by atoms with Crippen LogP contribution < -0.4 is 15.6 Å². The minimum absolute atomic E-state index is 0.0340. The van der Waals surface area contributed by atoms with Crippen LogP contribution >= 0.6 is 11.3 Å². The topological polar surface area (TPSA) is 74.6 Å². The number of hydrogen-bond donors (Lipinski definition) is 2. The van der Waals surface area contributed by atoms with Crippen molar-refractivity contribution in [3.63, 3.8) is 0 Å². The zero-order valence-corrected chi connectivity index (χ0v) is 16.5. The van der Waals surface area contributed by atoms with Crippen molar-refractivity contribution in [2.24, 2.45) is 0 Å². The molecule has 29 heavy (non-hydrogen) atoms. The molecular formula is C20H19F2N3O3S. The highest BCUT2D eigenvalue weighted by molar-refractivity contribution is 7.21. The van der Waals surface area contributed by atoms with Crippen LogP contribution in [0.3, 0.4) is 0 Å². The predicted octanol–water partition coefficient (Wildman–Crippen LogP) is 3.15. The van der Waals surface area contributed by atoms with E-state index < -0.39 is 22.8 Å². The number of thiophene rings is 1. The maximum atomic E-state index is 15.8. The second-order valence-electron chi connectivity index (χ2n) is 7.60. The Balaban J connectivity index is 1.92. The van der Waals surface area contributed by atoms with E-state index in [4.69, 9.17) is 0 Å². The molecule has 0 atom stereocenters. The average Bonchev–Trinajstić information content (AvgIpc) is 3.46. The average molecular weight is 419 g/mol. The number of carbonyl (C=O) groups excluding carboxylic acids is 1. The summed E-state index contributed by atoms with van der Waals surface area (Å²) in [6.45, 7) is 3.46. The number of benzene rings is 1. The molecule has 1 aliphatic heterocycles. The van der Waals surface area contributed by atoms with Gasteiger partial charge in [-0.05, 0) is 18.9 Å². The first-order valence-corrected chi connectivity index (χ1v) is 10.4. The molecule has 1 saturated carbocycles. The number of Topliss-reactive ketones (excluding diaryl/α,β-unsaturated/α-hetero) is 1. The lowest BCUT2D eigenvalue weighted by molar-refractivity contribution is 0.101. The molecule has 2 aromatic heterocycles. The first kappa shape index (κ1) is 18.5. The number of nitrogens with one attached hydrogen (secondary N) is 1. The van der Waals surface area contributed by atoms with E-state index in [0.29, 0.717) is 31.0 Å². The van der Waals surface area contributed by atoms with Crippen LogP contribution in [0.15, 0.2) is 10.9 Å². The van der Waals surface area contributed by atoms with Gasteiger partial charge in [0.25, 0.3) is 0 Å². The molecule has 0 spiro atoms. The number of ketones is 1. The Labute approximate surface area is 168 Å². The highest BCUT2D eigenvalue weighted by Crippen LogP contribution is 2.46. The smallest absolute Gasteiger partial charge is 0.202 e. The molecule has 2 fully saturated rings. The third-order valence-electron chi connectivity index (χ3n) is 5.63. The number of piperazine rings is 1. The van der Waals surface area contributed by atoms with Gasteiger partial charge in [-0.1, -0.05) is 0 Å². The van der Waals surface area contributed by atoms with Crippen LogP contribution in [0.5, 0.6) is 5.75 Å². The molecule has 1 aromatic carbocycles. The Morgan fingerprint density at radius 3 is 2.59 bits per heavy atom. The van der Waals surface area contributed by atoms with Gasteiger partial charge < -0.3 is 19.9 Å². The number of hydrogen-bond acceptors (Lipinski definition) is 6. The van der Waals surface area contributed by atoms with Crippen molar-refractivity contribution in [1.29, 1.82) is 0 Å². The van der Waals surface area contributed by atoms with Crippen LogP contribution in [0.25, 0.3) is 21.1 Å². The molecule has 9 heteroatoms. The van der Waals surface area contributed by atoms with Gasteiger partial charge in [-0.15, -0.1) is 11.3 Å². The molecular weight excluding hydrogens is 400 g/mol. The maximum Gasteiger partial charge on any atom is 0.202 e. The lowest BCUT2D eigenvalue weighted by Gasteiger charge is -2.30. The fourth-order valence-corrected chi connectivity index (χ4v) is 5.29. The van der Waals surface area contributed by atoms with E-state index in [1.165, 1.54) is 6.92 Å². The fourth-order valence-electron chi connectivity index (χ4n) is 4.13. The summed E-state index contributed by atoms with van der Waals surface area (Å²) in [5, 5.41) is 13.5. The van der Waals surface area contributed by atoms with Crippen molar-refractivity contribution in [2.75, 3.05) is 31.1 Å². The molecule has 6 nitrogen and oxygen atoms in total. The zero-order valence-electron chi connectivity index (χ0n) is 15.7. The summed E-state index contributed by atoms with van der Waals surface area (Å²) in [6.07, 6.45) is 1.59. The van der Waals surface area contributed by atoms with Crippen LogP contribution in [0.4, 0.5) is 14.5 Å². The molecule has 5 rings (SSSR count). The molecule has 2 aliphatic rings. The summed E-state index contributed by atoms with van der Waals surface area (Å²) in [5.74, 6) is -2.32. The number of rotatable bonds is 3. The minimum Gasteiger partial charge on any atom is -0.505 e. The summed E-state index contributed by atoms with van der Waals surface area (Å²) in [6, 6.07) is 1.02. The van der Waals surface area contributed by atoms with E-state index in [9.17, 15) is 19.1 Å². The van der Waals surface area contributed by atoms with E-state index in [-0.39, 0.29) is 38.7 Å². The quantitative estimate of drug-likeness (QED) is 0.638. The second kappa shape index (κ2) is 6.50. The van der Waals surface area contributed by atoms with E-state index in [1.54, 1.807) is 9.47 Å². The SMILES string of the molecule is CC(=O)c1sc2c(c1O)c(=O)c1cc(F)c(N3CCNCC3)c(F)c1n2C1CC1. The number of fused-ring (bicyclic) bond motifs is 2. The summed E-state index contributed by atoms with van der Waals surface area (Å²) in [5.41, 5.74) is -0.728. The fraction of sp³-hybridized carbons (Fsp3) is 0.400. The van der Waals surface area contributed by atoms with Crippen molar-refractivity contribution < 1.29 is 18.7 Å². The second-order valence-corrected chi connectivity index (χ2v) is 8.60. The highest BCUT2D eigenvalue weighted by atomic mass is 32.1. The summed E-state index contributed by atoms with van der Waals surface area (Å²) < 4.78 is 32.4. The van der Waals surface area contributed by atoms with Gasteiger partial charge in [0.2, 0.25) is 5.43 Å². The number of nitrogens with zero attached hydrogens (tertiary/aromatic N) is 2. The molecule has 0 bridgehead atoms. The van der Waals surface area contributed by atoms with Crippen LogP contribution in [0.2, 0.25) is 0 Å². The number of carbonyl (C=O) groups is 1. The maximum absolute atomic E-state index is 15.8. The third kappa shape index (κ3) is 2.67. The first-order valence-electron chi connectivity index (χ1n) is 9.58. The molecule has 3 heterocycles. The largest absolute Gasteiger partial charge is 0.505 e. The van der Waals surface area contributed by atoms with Gasteiger partial charge in [0.15, 0.2) is 17.3 Å². The monoisotopic (exact) mass is 419 g/mol. The van der Waals surface area contributed by atoms with Crippen LogP contribution in [0, 0.1) is 11.6 Å². The zero-order chi connectivity index (χ0) is 20.4.